The fraction of sp³-hybridized carbons (Fsp3) is 0.846. The van der Waals surface area contributed by atoms with E-state index in [1.54, 1.807) is 20.8 Å². The summed E-state index contributed by atoms with van der Waals surface area (Å²) in [7, 11) is -7.14. The third kappa shape index (κ3) is 10.6. The molecule has 0 fully saturated rings. The number of carbonyl (C=O) groups is 2. The van der Waals surface area contributed by atoms with Gasteiger partial charge < -0.3 is 9.47 Å². The molecule has 0 rings (SSSR count). The summed E-state index contributed by atoms with van der Waals surface area (Å²) in [5.74, 6) is -2.76. The molecule has 0 amide bonds. The molecule has 0 aliphatic heterocycles. The van der Waals surface area contributed by atoms with Crippen LogP contribution in [0.3, 0.4) is 0 Å². The third-order valence-electron chi connectivity index (χ3n) is 2.79. The topological polar surface area (TPSA) is 133 Å². The van der Waals surface area contributed by atoms with Crippen LogP contribution in [0, 0.1) is 5.92 Å². The van der Waals surface area contributed by atoms with Gasteiger partial charge in [-0.15, -0.1) is 0 Å². The first-order chi connectivity index (χ1) is 10.9. The van der Waals surface area contributed by atoms with Crippen molar-refractivity contribution in [2.45, 2.75) is 33.2 Å². The minimum absolute atomic E-state index is 0.0865. The Morgan fingerprint density at radius 2 is 1.62 bits per heavy atom. The van der Waals surface area contributed by atoms with Gasteiger partial charge in [-0.05, 0) is 19.3 Å². The molecule has 24 heavy (non-hydrogen) atoms. The largest absolute Gasteiger partial charge is 0.463 e. The number of rotatable bonds is 11. The predicted octanol–water partition coefficient (Wildman–Crippen LogP) is -0.529. The summed E-state index contributed by atoms with van der Waals surface area (Å²) >= 11 is 0. The van der Waals surface area contributed by atoms with Crippen molar-refractivity contribution in [2.75, 3.05) is 31.0 Å². The second kappa shape index (κ2) is 9.94. The molecule has 0 aliphatic carbocycles. The van der Waals surface area contributed by atoms with E-state index in [0.717, 1.165) is 6.26 Å². The monoisotopic (exact) mass is 387 g/mol. The molecule has 0 heterocycles. The fourth-order valence-electron chi connectivity index (χ4n) is 1.64. The highest BCUT2D eigenvalue weighted by Crippen LogP contribution is 2.07. The smallest absolute Gasteiger partial charge is 0.344 e. The van der Waals surface area contributed by atoms with E-state index in [1.165, 1.54) is 0 Å². The van der Waals surface area contributed by atoms with Gasteiger partial charge in [0.05, 0.1) is 18.1 Å². The van der Waals surface area contributed by atoms with E-state index in [9.17, 15) is 26.4 Å². The number of ether oxygens (including phenoxy) is 2. The zero-order chi connectivity index (χ0) is 19.0. The molecule has 0 aromatic carbocycles. The fourth-order valence-corrected chi connectivity index (χ4v) is 3.89. The lowest BCUT2D eigenvalue weighted by Crippen LogP contribution is -2.46. The Bertz CT molecular complexity index is 624. The Hall–Kier alpha value is -1.20. The summed E-state index contributed by atoms with van der Waals surface area (Å²) in [5, 5.41) is 0. The summed E-state index contributed by atoms with van der Waals surface area (Å²) in [6.07, 6.45) is 0.924. The first-order valence-electron chi connectivity index (χ1n) is 7.38. The second-order valence-corrected chi connectivity index (χ2v) is 9.69. The molecule has 0 aliphatic rings. The maximum absolute atomic E-state index is 12.0. The second-order valence-electron chi connectivity index (χ2n) is 5.55. The number of sulfone groups is 1. The zero-order valence-electron chi connectivity index (χ0n) is 14.3. The highest BCUT2D eigenvalue weighted by molar-refractivity contribution is 7.91. The Morgan fingerprint density at radius 3 is 2.08 bits per heavy atom. The summed E-state index contributed by atoms with van der Waals surface area (Å²) in [4.78, 5) is 23.1. The molecule has 1 atom stereocenters. The van der Waals surface area contributed by atoms with E-state index in [1.807, 2.05) is 0 Å². The van der Waals surface area contributed by atoms with Crippen LogP contribution in [0.25, 0.3) is 0 Å². The Kier molecular flexibility index (Phi) is 9.45. The molecular formula is C13H25NO8S2. The highest BCUT2D eigenvalue weighted by Gasteiger charge is 2.29. The maximum Gasteiger partial charge on any atom is 0.344 e. The van der Waals surface area contributed by atoms with Gasteiger partial charge in [-0.1, -0.05) is 13.8 Å². The van der Waals surface area contributed by atoms with Crippen LogP contribution >= 0.6 is 0 Å². The first-order valence-corrected chi connectivity index (χ1v) is 11.1. The van der Waals surface area contributed by atoms with Gasteiger partial charge in [0.1, 0.15) is 15.9 Å². The van der Waals surface area contributed by atoms with Gasteiger partial charge >= 0.3 is 11.9 Å². The molecule has 0 radical (unpaired) electrons. The highest BCUT2D eigenvalue weighted by atomic mass is 32.2. The number of nitrogens with one attached hydrogen (secondary N) is 1. The van der Waals surface area contributed by atoms with Gasteiger partial charge in [0, 0.05) is 6.26 Å². The molecule has 0 aromatic rings. The van der Waals surface area contributed by atoms with Crippen LogP contribution < -0.4 is 4.72 Å². The van der Waals surface area contributed by atoms with E-state index >= 15 is 0 Å². The van der Waals surface area contributed by atoms with Gasteiger partial charge in [-0.3, -0.25) is 4.79 Å². The predicted molar refractivity (Wildman–Crippen MR) is 87.5 cm³/mol. The lowest BCUT2D eigenvalue weighted by Gasteiger charge is -2.20. The van der Waals surface area contributed by atoms with Gasteiger partial charge in [0.15, 0.2) is 6.61 Å². The van der Waals surface area contributed by atoms with E-state index in [2.05, 4.69) is 9.46 Å². The van der Waals surface area contributed by atoms with Crippen molar-refractivity contribution in [2.24, 2.45) is 5.92 Å². The molecule has 142 valence electrons. The zero-order valence-corrected chi connectivity index (χ0v) is 15.9. The molecule has 11 heteroatoms. The number of esters is 2. The molecule has 0 saturated heterocycles. The standard InChI is InChI=1S/C13H25NO8S2/c1-5-21-11(15)9-22-13(16)12(10(2)3)14-24(19,20)8-6-7-23(4,17)18/h10,12,14H,5-9H2,1-4H3. The minimum Gasteiger partial charge on any atom is -0.463 e. The van der Waals surface area contributed by atoms with Crippen molar-refractivity contribution in [3.05, 3.63) is 0 Å². The van der Waals surface area contributed by atoms with Crippen molar-refractivity contribution in [1.29, 1.82) is 0 Å². The van der Waals surface area contributed by atoms with Crippen molar-refractivity contribution >= 4 is 31.8 Å². The van der Waals surface area contributed by atoms with E-state index < -0.39 is 56.1 Å². The average molecular weight is 387 g/mol. The number of hydrogen-bond donors (Lipinski definition) is 1. The van der Waals surface area contributed by atoms with Crippen molar-refractivity contribution in [3.8, 4) is 0 Å². The molecule has 0 bridgehead atoms. The number of hydrogen-bond acceptors (Lipinski definition) is 8. The first kappa shape index (κ1) is 22.8. The molecule has 0 spiro atoms. The minimum atomic E-state index is -3.87. The van der Waals surface area contributed by atoms with E-state index in [0.29, 0.717) is 0 Å². The third-order valence-corrected chi connectivity index (χ3v) is 5.26. The number of carbonyl (C=O) groups excluding carboxylic acids is 2. The van der Waals surface area contributed by atoms with Gasteiger partial charge in [-0.2, -0.15) is 0 Å². The summed E-state index contributed by atoms with van der Waals surface area (Å²) in [6.45, 7) is 4.34. The van der Waals surface area contributed by atoms with Gasteiger partial charge in [-0.25, -0.2) is 26.4 Å². The van der Waals surface area contributed by atoms with Crippen LogP contribution in [0.1, 0.15) is 27.2 Å². The average Bonchev–Trinajstić information content (AvgIpc) is 2.40. The Balaban J connectivity index is 4.70. The molecular weight excluding hydrogens is 362 g/mol. The number of sulfonamides is 1. The van der Waals surface area contributed by atoms with Crippen LogP contribution in [0.4, 0.5) is 0 Å². The Labute approximate surface area is 143 Å². The quantitative estimate of drug-likeness (QED) is 0.468. The van der Waals surface area contributed by atoms with Crippen molar-refractivity contribution in [3.63, 3.8) is 0 Å². The molecule has 1 unspecified atom stereocenters. The van der Waals surface area contributed by atoms with Crippen LogP contribution in [0.15, 0.2) is 0 Å². The van der Waals surface area contributed by atoms with Gasteiger partial charge in [0.2, 0.25) is 10.0 Å². The normalized spacial score (nSPS) is 13.5. The molecule has 1 N–H and O–H groups in total. The SMILES string of the molecule is CCOC(=O)COC(=O)C(NS(=O)(=O)CCCS(C)(=O)=O)C(C)C. The Morgan fingerprint density at radius 1 is 1.04 bits per heavy atom. The van der Waals surface area contributed by atoms with E-state index in [4.69, 9.17) is 4.74 Å². The van der Waals surface area contributed by atoms with Crippen LogP contribution in [-0.2, 0) is 38.9 Å². The van der Waals surface area contributed by atoms with Gasteiger partial charge in [0.25, 0.3) is 0 Å². The summed E-state index contributed by atoms with van der Waals surface area (Å²) in [6, 6.07) is -1.18. The molecule has 0 saturated carbocycles. The molecule has 0 aromatic heterocycles. The molecule has 9 nitrogen and oxygen atoms in total. The van der Waals surface area contributed by atoms with Crippen molar-refractivity contribution in [1.82, 2.24) is 4.72 Å². The van der Waals surface area contributed by atoms with E-state index in [-0.39, 0.29) is 18.8 Å². The lowest BCUT2D eigenvalue weighted by molar-refractivity contribution is -0.160. The summed E-state index contributed by atoms with van der Waals surface area (Å²) in [5.41, 5.74) is 0. The van der Waals surface area contributed by atoms with Crippen LogP contribution in [0.5, 0.6) is 0 Å². The van der Waals surface area contributed by atoms with Crippen LogP contribution in [-0.4, -0.2) is 65.8 Å². The van der Waals surface area contributed by atoms with Crippen LogP contribution in [0.2, 0.25) is 0 Å². The lowest BCUT2D eigenvalue weighted by atomic mass is 10.1. The summed E-state index contributed by atoms with van der Waals surface area (Å²) < 4.78 is 57.5. The maximum atomic E-state index is 12.0. The van der Waals surface area contributed by atoms with Crippen molar-refractivity contribution < 1.29 is 35.9 Å².